The molecule has 0 amide bonds. The summed E-state index contributed by atoms with van der Waals surface area (Å²) < 4.78 is 2.43. The maximum absolute atomic E-state index is 2.64. The Balaban J connectivity index is 0.832. The number of anilines is 4. The molecular formula is C79H61N3. The Hall–Kier alpha value is -9.70. The predicted molar refractivity (Wildman–Crippen MR) is 348 cm³/mol. The van der Waals surface area contributed by atoms with E-state index in [0.29, 0.717) is 0 Å². The van der Waals surface area contributed by atoms with E-state index in [0.717, 1.165) is 6.42 Å². The molecule has 0 N–H and O–H groups in total. The van der Waals surface area contributed by atoms with Gasteiger partial charge in [-0.25, -0.2) is 0 Å². The fraction of sp³-hybridized carbons (Fsp3) is 0.114. The summed E-state index contributed by atoms with van der Waals surface area (Å²) in [6, 6.07) is 84.8. The van der Waals surface area contributed by atoms with Crippen molar-refractivity contribution in [3.8, 4) is 27.9 Å². The number of fused-ring (bicyclic) bond motifs is 11. The van der Waals surface area contributed by atoms with Gasteiger partial charge in [-0.1, -0.05) is 192 Å². The largest absolute Gasteiger partial charge is 0.333 e. The van der Waals surface area contributed by atoms with Gasteiger partial charge in [0.1, 0.15) is 0 Å². The van der Waals surface area contributed by atoms with Crippen LogP contribution in [0.25, 0.3) is 88.0 Å². The molecule has 16 rings (SSSR count). The third-order valence-corrected chi connectivity index (χ3v) is 18.5. The fourth-order valence-corrected chi connectivity index (χ4v) is 14.5. The Morgan fingerprint density at radius 3 is 1.63 bits per heavy atom. The molecule has 0 spiro atoms. The predicted octanol–water partition coefficient (Wildman–Crippen LogP) is 20.7. The molecule has 1 aromatic heterocycles. The molecule has 0 saturated carbocycles. The van der Waals surface area contributed by atoms with Gasteiger partial charge in [0.25, 0.3) is 0 Å². The maximum Gasteiger partial charge on any atom is 0.0716 e. The molecule has 4 aliphatic rings. The molecule has 0 radical (unpaired) electrons. The second-order valence-corrected chi connectivity index (χ2v) is 23.7. The summed E-state index contributed by atoms with van der Waals surface area (Å²) in [6.45, 7) is 11.2. The molecule has 12 aromatic rings. The van der Waals surface area contributed by atoms with Crippen molar-refractivity contribution in [1.82, 2.24) is 4.57 Å². The molecule has 3 atom stereocenters. The molecule has 0 bridgehead atoms. The van der Waals surface area contributed by atoms with Gasteiger partial charge in [-0.15, -0.1) is 0 Å². The number of nitrogens with zero attached hydrogens (tertiary/aromatic N) is 3. The summed E-state index contributed by atoms with van der Waals surface area (Å²) in [5.41, 5.74) is 27.4. The molecule has 3 nitrogen and oxygen atoms in total. The van der Waals surface area contributed by atoms with Crippen molar-refractivity contribution in [2.24, 2.45) is 0 Å². The molecule has 0 fully saturated rings. The lowest BCUT2D eigenvalue weighted by Crippen LogP contribution is -2.40. The van der Waals surface area contributed by atoms with E-state index in [1.165, 1.54) is 155 Å². The standard InChI is InChI=1S/C79H61N3/c1-49-19-30-59(31-20-49)80-72-36-23-51(3)43-66(72)68-45-55(27-38-74(68)80)57-29-40-76-70(47-57)71-48-58(56-28-39-75-69(46-56)67-44-52(4)24-37-73(67)81(75)60-32-21-50(2)22-33-60)41-42-79(71,5)82(76)61-34-25-54(26-35-61)78-64-17-11-9-15-62(64)77(53-13-7-6-8-14-53)63-16-10-12-18-65(63)78/h6-41,43-48,68,74H,42H2,1-5H3. The first-order chi connectivity index (χ1) is 40.1. The van der Waals surface area contributed by atoms with Crippen molar-refractivity contribution in [2.45, 2.75) is 58.5 Å². The van der Waals surface area contributed by atoms with Gasteiger partial charge < -0.3 is 14.4 Å². The van der Waals surface area contributed by atoms with Crippen LogP contribution in [0.5, 0.6) is 0 Å². The second kappa shape index (κ2) is 18.4. The lowest BCUT2D eigenvalue weighted by molar-refractivity contribution is 0.608. The zero-order valence-corrected chi connectivity index (χ0v) is 47.0. The van der Waals surface area contributed by atoms with Gasteiger partial charge in [-0.2, -0.15) is 0 Å². The molecule has 3 unspecified atom stereocenters. The van der Waals surface area contributed by atoms with Gasteiger partial charge in [0.15, 0.2) is 0 Å². The van der Waals surface area contributed by atoms with Crippen LogP contribution in [0.15, 0.2) is 255 Å². The summed E-state index contributed by atoms with van der Waals surface area (Å²) >= 11 is 0. The second-order valence-electron chi connectivity index (χ2n) is 23.7. The number of hydrogen-bond donors (Lipinski definition) is 0. The smallest absolute Gasteiger partial charge is 0.0716 e. The summed E-state index contributed by atoms with van der Waals surface area (Å²) in [5.74, 6) is 0.215. The first-order valence-electron chi connectivity index (χ1n) is 29.1. The van der Waals surface area contributed by atoms with Crippen molar-refractivity contribution in [1.29, 1.82) is 0 Å². The Morgan fingerprint density at radius 2 is 0.951 bits per heavy atom. The van der Waals surface area contributed by atoms with E-state index in [2.05, 4.69) is 304 Å². The molecule has 392 valence electrons. The molecule has 2 aliphatic heterocycles. The van der Waals surface area contributed by atoms with Crippen molar-refractivity contribution in [3.05, 3.63) is 299 Å². The molecule has 3 heterocycles. The summed E-state index contributed by atoms with van der Waals surface area (Å²) in [6.07, 6.45) is 13.3. The lowest BCUT2D eigenvalue weighted by atomic mass is 9.79. The highest BCUT2D eigenvalue weighted by atomic mass is 15.2. The van der Waals surface area contributed by atoms with Crippen LogP contribution in [-0.2, 0) is 0 Å². The van der Waals surface area contributed by atoms with Gasteiger partial charge in [0.2, 0.25) is 0 Å². The number of benzene rings is 11. The molecule has 82 heavy (non-hydrogen) atoms. The monoisotopic (exact) mass is 1050 g/mol. The SMILES string of the molecule is Cc1ccc(N2c3ccc(C)cc3C3C=C(c4ccc5c(c4)C4=CC(c6ccc7c(c6)c6cc(C)ccc6n7-c6ccc(C)cc6)=CCC4(C)N5c4ccc(-c5c6ccccc6c(-c6ccccc6)c6ccccc56)cc4)C=CC32)cc1. The van der Waals surface area contributed by atoms with Crippen molar-refractivity contribution >= 4 is 82.8 Å². The highest BCUT2D eigenvalue weighted by molar-refractivity contribution is 6.21. The minimum Gasteiger partial charge on any atom is -0.333 e. The third-order valence-electron chi connectivity index (χ3n) is 18.5. The van der Waals surface area contributed by atoms with E-state index in [4.69, 9.17) is 0 Å². The van der Waals surface area contributed by atoms with E-state index in [1.807, 2.05) is 0 Å². The van der Waals surface area contributed by atoms with Gasteiger partial charge in [-0.05, 0) is 203 Å². The highest BCUT2D eigenvalue weighted by Crippen LogP contribution is 2.57. The molecule has 3 heteroatoms. The van der Waals surface area contributed by atoms with Crippen LogP contribution in [-0.4, -0.2) is 16.1 Å². The van der Waals surface area contributed by atoms with E-state index < -0.39 is 0 Å². The molecule has 2 aliphatic carbocycles. The van der Waals surface area contributed by atoms with Crippen LogP contribution < -0.4 is 9.80 Å². The van der Waals surface area contributed by atoms with Gasteiger partial charge >= 0.3 is 0 Å². The molecule has 0 saturated heterocycles. The van der Waals surface area contributed by atoms with Crippen LogP contribution in [0.4, 0.5) is 22.7 Å². The topological polar surface area (TPSA) is 11.4 Å². The number of aromatic nitrogens is 1. The summed E-state index contributed by atoms with van der Waals surface area (Å²) in [7, 11) is 0. The van der Waals surface area contributed by atoms with Crippen molar-refractivity contribution in [2.75, 3.05) is 9.80 Å². The van der Waals surface area contributed by atoms with E-state index >= 15 is 0 Å². The Morgan fingerprint density at radius 1 is 0.427 bits per heavy atom. The highest BCUT2D eigenvalue weighted by Gasteiger charge is 2.46. The van der Waals surface area contributed by atoms with E-state index in [-0.39, 0.29) is 17.5 Å². The number of hydrogen-bond acceptors (Lipinski definition) is 2. The minimum atomic E-state index is -0.357. The van der Waals surface area contributed by atoms with Crippen LogP contribution in [0.3, 0.4) is 0 Å². The average Bonchev–Trinajstić information content (AvgIpc) is 3.10. The lowest BCUT2D eigenvalue weighted by Gasteiger charge is -2.39. The average molecular weight is 1050 g/mol. The normalized spacial score (nSPS) is 17.9. The first kappa shape index (κ1) is 48.2. The van der Waals surface area contributed by atoms with E-state index in [1.54, 1.807) is 0 Å². The zero-order valence-electron chi connectivity index (χ0n) is 47.0. The Kier molecular flexibility index (Phi) is 10.8. The first-order valence-corrected chi connectivity index (χ1v) is 29.1. The van der Waals surface area contributed by atoms with Crippen LogP contribution >= 0.6 is 0 Å². The number of allylic oxidation sites excluding steroid dienone is 4. The van der Waals surface area contributed by atoms with Gasteiger partial charge in [0, 0.05) is 50.7 Å². The van der Waals surface area contributed by atoms with Gasteiger partial charge in [-0.3, -0.25) is 0 Å². The fourth-order valence-electron chi connectivity index (χ4n) is 14.5. The van der Waals surface area contributed by atoms with Crippen molar-refractivity contribution < 1.29 is 0 Å². The molecular weight excluding hydrogens is 991 g/mol. The van der Waals surface area contributed by atoms with Crippen LogP contribution in [0, 0.1) is 27.7 Å². The Labute approximate surface area is 480 Å². The maximum atomic E-state index is 2.64. The quantitative estimate of drug-likeness (QED) is 0.147. The summed E-state index contributed by atoms with van der Waals surface area (Å²) in [4.78, 5) is 5.19. The summed E-state index contributed by atoms with van der Waals surface area (Å²) in [5, 5.41) is 7.61. The van der Waals surface area contributed by atoms with Crippen LogP contribution in [0.2, 0.25) is 0 Å². The number of rotatable bonds is 7. The van der Waals surface area contributed by atoms with Crippen LogP contribution in [0.1, 0.15) is 63.8 Å². The van der Waals surface area contributed by atoms with E-state index in [9.17, 15) is 0 Å². The number of aryl methyl sites for hydroxylation is 4. The molecule has 11 aromatic carbocycles. The van der Waals surface area contributed by atoms with Crippen molar-refractivity contribution in [3.63, 3.8) is 0 Å². The third kappa shape index (κ3) is 7.42. The Bertz CT molecular complexity index is 4700. The minimum absolute atomic E-state index is 0.193. The zero-order chi connectivity index (χ0) is 55.0. The van der Waals surface area contributed by atoms with Gasteiger partial charge in [0.05, 0.1) is 22.6 Å².